The number of carbonyl (C=O) groups excluding carboxylic acids is 5. The summed E-state index contributed by atoms with van der Waals surface area (Å²) < 4.78 is 81.2. The highest BCUT2D eigenvalue weighted by atomic mass is 19.4. The quantitative estimate of drug-likeness (QED) is 0.180. The molecule has 19 heteroatoms. The number of carbonyl (C=O) groups is 5. The molecular formula is C38H42F3NO15. The number of phenolic OH excluding ortho intramolecular Hbond substituents is 2. The standard InChI is InChI=1S/C38H42F3NO15/c1-14-34(57-25-11-22(52-6)35(15(2)54-25)55-17(4)44)20(42-36(49)38(39,40)41)10-24(53-14)56-23-13-37(50,16(3)43)12-19-27(23)33(48)29-28(31(19)46)30(45)18-8-7-9-21(51-5)26(18)32(29)47/h7-9,14-15,20,22-25,34-35,46,48,50H,10-13H2,1-6H3,(H,42,49)/t14-,15-,20-,22-,23-,24-,25-,34+,35-,37-/m0/s1. The number of hydrogen-bond acceptors (Lipinski definition) is 15. The van der Waals surface area contributed by atoms with Crippen molar-refractivity contribution in [3.05, 3.63) is 51.6 Å². The van der Waals surface area contributed by atoms with Gasteiger partial charge in [-0.2, -0.15) is 13.2 Å². The van der Waals surface area contributed by atoms with Gasteiger partial charge in [0.25, 0.3) is 0 Å². The van der Waals surface area contributed by atoms with Crippen LogP contribution in [0.3, 0.4) is 0 Å². The average molecular weight is 810 g/mol. The molecule has 2 aromatic rings. The number of Topliss-reactive ketones (excluding diaryl/α,β-unsaturated/α-hetero) is 1. The molecule has 2 heterocycles. The van der Waals surface area contributed by atoms with Crippen molar-refractivity contribution in [2.24, 2.45) is 0 Å². The molecule has 0 saturated carbocycles. The van der Waals surface area contributed by atoms with E-state index in [4.69, 9.17) is 33.2 Å². The van der Waals surface area contributed by atoms with Crippen molar-refractivity contribution in [1.29, 1.82) is 0 Å². The minimum Gasteiger partial charge on any atom is -0.507 e. The maximum Gasteiger partial charge on any atom is 0.471 e. The third-order valence-corrected chi connectivity index (χ3v) is 10.8. The van der Waals surface area contributed by atoms with Crippen molar-refractivity contribution in [3.8, 4) is 17.2 Å². The Hall–Kier alpha value is -4.66. The van der Waals surface area contributed by atoms with Gasteiger partial charge in [0, 0.05) is 56.4 Å². The first-order valence-corrected chi connectivity index (χ1v) is 18.0. The zero-order chi connectivity index (χ0) is 41.9. The van der Waals surface area contributed by atoms with Crippen LogP contribution in [0.4, 0.5) is 13.2 Å². The number of rotatable bonds is 9. The molecule has 16 nitrogen and oxygen atoms in total. The van der Waals surface area contributed by atoms with Gasteiger partial charge < -0.3 is 53.8 Å². The molecule has 2 saturated heterocycles. The van der Waals surface area contributed by atoms with Gasteiger partial charge in [0.15, 0.2) is 30.3 Å². The van der Waals surface area contributed by atoms with Crippen molar-refractivity contribution in [1.82, 2.24) is 5.32 Å². The van der Waals surface area contributed by atoms with Crippen LogP contribution in [0.1, 0.15) is 96.0 Å². The van der Waals surface area contributed by atoms with Crippen LogP contribution < -0.4 is 10.1 Å². The lowest BCUT2D eigenvalue weighted by Crippen LogP contribution is -2.60. The summed E-state index contributed by atoms with van der Waals surface area (Å²) in [5.74, 6) is -7.02. The normalized spacial score (nSPS) is 31.1. The van der Waals surface area contributed by atoms with Crippen LogP contribution in [0.5, 0.6) is 17.2 Å². The van der Waals surface area contributed by atoms with Gasteiger partial charge in [-0.1, -0.05) is 12.1 Å². The SMILES string of the molecule is COc1cccc2c1C(=O)c1c(O)c3c(c(O)c1C2=O)C[C@@](O)(C(C)=O)C[C@@H]3O[C@H]1C[C@H](NC(=O)C(F)(F)F)[C@H](O[C@H]2C[C@H](OC)[C@@H](OC(C)=O)[C@H](C)O2)[C@H](C)O1. The largest absolute Gasteiger partial charge is 0.507 e. The number of fused-ring (bicyclic) bond motifs is 3. The third-order valence-electron chi connectivity index (χ3n) is 10.8. The van der Waals surface area contributed by atoms with Gasteiger partial charge in [-0.25, -0.2) is 0 Å². The molecular weight excluding hydrogens is 767 g/mol. The summed E-state index contributed by atoms with van der Waals surface area (Å²) in [6, 6.07) is 2.72. The molecule has 0 unspecified atom stereocenters. The fourth-order valence-corrected chi connectivity index (χ4v) is 8.07. The molecule has 310 valence electrons. The topological polar surface area (TPSA) is 223 Å². The van der Waals surface area contributed by atoms with Crippen LogP contribution in [-0.2, 0) is 49.2 Å². The molecule has 2 aromatic carbocycles. The molecule has 1 amide bonds. The molecule has 6 rings (SSSR count). The number of amides is 1. The Kier molecular flexibility index (Phi) is 11.5. The number of aromatic hydroxyl groups is 2. The Bertz CT molecular complexity index is 1990. The molecule has 57 heavy (non-hydrogen) atoms. The van der Waals surface area contributed by atoms with E-state index in [1.807, 2.05) is 5.32 Å². The van der Waals surface area contributed by atoms with Gasteiger partial charge in [0.1, 0.15) is 35.1 Å². The summed E-state index contributed by atoms with van der Waals surface area (Å²) in [7, 11) is 2.63. The van der Waals surface area contributed by atoms with E-state index < -0.39 is 138 Å². The van der Waals surface area contributed by atoms with Crippen LogP contribution in [0.25, 0.3) is 0 Å². The number of halogens is 3. The van der Waals surface area contributed by atoms with Gasteiger partial charge in [0.2, 0.25) is 5.78 Å². The van der Waals surface area contributed by atoms with E-state index in [1.54, 1.807) is 6.92 Å². The number of esters is 1. The third kappa shape index (κ3) is 7.71. The number of benzene rings is 2. The van der Waals surface area contributed by atoms with E-state index in [0.717, 1.165) is 6.92 Å². The lowest BCUT2D eigenvalue weighted by Gasteiger charge is -2.46. The van der Waals surface area contributed by atoms with Gasteiger partial charge in [-0.05, 0) is 26.8 Å². The summed E-state index contributed by atoms with van der Waals surface area (Å²) >= 11 is 0. The van der Waals surface area contributed by atoms with Gasteiger partial charge in [-0.15, -0.1) is 0 Å². The summed E-state index contributed by atoms with van der Waals surface area (Å²) in [6.45, 7) is 5.27. The monoisotopic (exact) mass is 809 g/mol. The zero-order valence-corrected chi connectivity index (χ0v) is 31.6. The molecule has 10 atom stereocenters. The van der Waals surface area contributed by atoms with E-state index in [-0.39, 0.29) is 34.4 Å². The highest BCUT2D eigenvalue weighted by molar-refractivity contribution is 6.31. The Morgan fingerprint density at radius 3 is 2.12 bits per heavy atom. The lowest BCUT2D eigenvalue weighted by molar-refractivity contribution is -0.306. The second kappa shape index (κ2) is 15.6. The fourth-order valence-electron chi connectivity index (χ4n) is 8.07. The molecule has 4 aliphatic rings. The molecule has 2 aliphatic carbocycles. The maximum absolute atomic E-state index is 14.0. The number of phenols is 2. The van der Waals surface area contributed by atoms with E-state index in [0.29, 0.717) is 0 Å². The van der Waals surface area contributed by atoms with E-state index >= 15 is 0 Å². The van der Waals surface area contributed by atoms with Gasteiger partial charge in [-0.3, -0.25) is 24.0 Å². The number of nitrogens with one attached hydrogen (secondary N) is 1. The number of alkyl halides is 3. The molecule has 0 radical (unpaired) electrons. The molecule has 0 bridgehead atoms. The van der Waals surface area contributed by atoms with Crippen molar-refractivity contribution in [3.63, 3.8) is 0 Å². The number of hydrogen-bond donors (Lipinski definition) is 4. The molecule has 2 aliphatic heterocycles. The molecule has 0 aromatic heterocycles. The summed E-state index contributed by atoms with van der Waals surface area (Å²) in [6.07, 6.45) is -16.2. The summed E-state index contributed by atoms with van der Waals surface area (Å²) in [5.41, 5.74) is -4.31. The smallest absolute Gasteiger partial charge is 0.471 e. The van der Waals surface area contributed by atoms with Gasteiger partial charge in [0.05, 0.1) is 48.2 Å². The minimum atomic E-state index is -5.31. The Morgan fingerprint density at radius 1 is 0.895 bits per heavy atom. The molecule has 4 N–H and O–H groups in total. The van der Waals surface area contributed by atoms with Crippen molar-refractivity contribution < 1.29 is 85.6 Å². The number of ketones is 3. The van der Waals surface area contributed by atoms with E-state index in [1.165, 1.54) is 46.3 Å². The molecule has 0 spiro atoms. The number of aliphatic hydroxyl groups is 1. The van der Waals surface area contributed by atoms with Crippen LogP contribution >= 0.6 is 0 Å². The second-order valence-corrected chi connectivity index (χ2v) is 14.5. The predicted octanol–water partition coefficient (Wildman–Crippen LogP) is 2.85. The van der Waals surface area contributed by atoms with Gasteiger partial charge >= 0.3 is 18.1 Å². The lowest BCUT2D eigenvalue weighted by atomic mass is 9.72. The number of methoxy groups -OCH3 is 2. The van der Waals surface area contributed by atoms with Crippen molar-refractivity contribution in [2.75, 3.05) is 14.2 Å². The first-order chi connectivity index (χ1) is 26.7. The minimum absolute atomic E-state index is 0.00946. The zero-order valence-electron chi connectivity index (χ0n) is 31.6. The van der Waals surface area contributed by atoms with Crippen LogP contribution in [0.2, 0.25) is 0 Å². The predicted molar refractivity (Wildman–Crippen MR) is 185 cm³/mol. The second-order valence-electron chi connectivity index (χ2n) is 14.5. The first kappa shape index (κ1) is 42.0. The maximum atomic E-state index is 14.0. The van der Waals surface area contributed by atoms with Crippen LogP contribution in [0.15, 0.2) is 18.2 Å². The van der Waals surface area contributed by atoms with E-state index in [2.05, 4.69) is 0 Å². The average Bonchev–Trinajstić information content (AvgIpc) is 3.13. The first-order valence-electron chi connectivity index (χ1n) is 18.0. The summed E-state index contributed by atoms with van der Waals surface area (Å²) in [5, 5.41) is 36.9. The van der Waals surface area contributed by atoms with Crippen molar-refractivity contribution in [2.45, 2.75) is 120 Å². The number of ether oxygens (including phenoxy) is 7. The Balaban J connectivity index is 1.35. The van der Waals surface area contributed by atoms with Crippen LogP contribution in [-0.4, -0.2) is 120 Å². The van der Waals surface area contributed by atoms with Crippen LogP contribution in [0, 0.1) is 0 Å². The highest BCUT2D eigenvalue weighted by Gasteiger charge is 2.51. The fraction of sp³-hybridized carbons (Fsp3) is 0.553. The molecule has 2 fully saturated rings. The van der Waals surface area contributed by atoms with E-state index in [9.17, 15) is 52.5 Å². The highest BCUT2D eigenvalue weighted by Crippen LogP contribution is 2.52. The van der Waals surface area contributed by atoms with Crippen molar-refractivity contribution >= 4 is 29.2 Å². The Labute approximate surface area is 323 Å². The Morgan fingerprint density at radius 2 is 1.53 bits per heavy atom. The summed E-state index contributed by atoms with van der Waals surface area (Å²) in [4.78, 5) is 64.6.